The maximum absolute atomic E-state index is 12.3. The molecule has 2 N–H and O–H groups in total. The van der Waals surface area contributed by atoms with Gasteiger partial charge in [0.25, 0.3) is 5.91 Å². The van der Waals surface area contributed by atoms with Gasteiger partial charge in [-0.05, 0) is 44.5 Å². The van der Waals surface area contributed by atoms with Crippen molar-refractivity contribution in [1.82, 2.24) is 19.7 Å². The number of H-pyrrole nitrogens is 1. The van der Waals surface area contributed by atoms with E-state index in [9.17, 15) is 14.4 Å². The summed E-state index contributed by atoms with van der Waals surface area (Å²) in [4.78, 5) is 38.0. The molecule has 0 aliphatic heterocycles. The second-order valence-corrected chi connectivity index (χ2v) is 7.15. The van der Waals surface area contributed by atoms with Gasteiger partial charge in [0.15, 0.2) is 5.16 Å². The van der Waals surface area contributed by atoms with Crippen LogP contribution >= 0.6 is 11.8 Å². The molecule has 1 heterocycles. The van der Waals surface area contributed by atoms with E-state index in [1.165, 1.54) is 11.8 Å². The number of unbranched alkanes of at least 4 members (excludes halogenated alkanes) is 1. The van der Waals surface area contributed by atoms with Gasteiger partial charge in [0.2, 0.25) is 5.91 Å². The van der Waals surface area contributed by atoms with Crippen molar-refractivity contribution in [3.8, 4) is 0 Å². The van der Waals surface area contributed by atoms with E-state index in [1.54, 1.807) is 33.7 Å². The number of carbonyl (C=O) groups excluding carboxylic acids is 2. The number of nitrogens with zero attached hydrogens (tertiary/aromatic N) is 3. The predicted octanol–water partition coefficient (Wildman–Crippen LogP) is 2.58. The third-order valence-corrected chi connectivity index (χ3v) is 5.23. The molecular weight excluding hydrogens is 378 g/mol. The SMILES string of the molecule is CCCCn1c(SCC(=O)Nc2ccc(C(=O)N(CC)CC)cc2)n[nH]c1=O. The van der Waals surface area contributed by atoms with Crippen molar-refractivity contribution >= 4 is 29.3 Å². The lowest BCUT2D eigenvalue weighted by molar-refractivity contribution is -0.113. The van der Waals surface area contributed by atoms with Gasteiger partial charge in [0.05, 0.1) is 5.75 Å². The third-order valence-electron chi connectivity index (χ3n) is 4.26. The topological polar surface area (TPSA) is 100 Å². The first-order valence-corrected chi connectivity index (χ1v) is 10.5. The van der Waals surface area contributed by atoms with Crippen LogP contribution in [0.1, 0.15) is 44.0 Å². The summed E-state index contributed by atoms with van der Waals surface area (Å²) in [6.45, 7) is 7.82. The minimum absolute atomic E-state index is 0.0259. The molecule has 9 heteroatoms. The van der Waals surface area contributed by atoms with Crippen molar-refractivity contribution in [3.63, 3.8) is 0 Å². The molecule has 2 rings (SSSR count). The third kappa shape index (κ3) is 5.72. The minimum atomic E-state index is -0.259. The van der Waals surface area contributed by atoms with Crippen LogP contribution in [0.4, 0.5) is 5.69 Å². The maximum atomic E-state index is 12.3. The van der Waals surface area contributed by atoms with Crippen molar-refractivity contribution in [1.29, 1.82) is 0 Å². The van der Waals surface area contributed by atoms with Gasteiger partial charge in [-0.3, -0.25) is 14.2 Å². The van der Waals surface area contributed by atoms with Crippen LogP contribution in [0.25, 0.3) is 0 Å². The van der Waals surface area contributed by atoms with E-state index < -0.39 is 0 Å². The van der Waals surface area contributed by atoms with Crippen LogP contribution in [0, 0.1) is 0 Å². The van der Waals surface area contributed by atoms with Crippen molar-refractivity contribution < 1.29 is 9.59 Å². The predicted molar refractivity (Wildman–Crippen MR) is 111 cm³/mol. The number of aromatic nitrogens is 3. The molecule has 0 radical (unpaired) electrons. The molecule has 2 aromatic rings. The first-order chi connectivity index (χ1) is 13.5. The van der Waals surface area contributed by atoms with Gasteiger partial charge in [-0.1, -0.05) is 25.1 Å². The molecule has 0 saturated carbocycles. The molecular formula is C19H27N5O3S. The van der Waals surface area contributed by atoms with E-state index in [2.05, 4.69) is 15.5 Å². The molecule has 0 aliphatic rings. The fraction of sp³-hybridized carbons (Fsp3) is 0.474. The minimum Gasteiger partial charge on any atom is -0.339 e. The lowest BCUT2D eigenvalue weighted by atomic mass is 10.2. The smallest absolute Gasteiger partial charge is 0.339 e. The standard InChI is InChI=1S/C19H27N5O3S/c1-4-7-12-24-18(27)21-22-19(24)28-13-16(25)20-15-10-8-14(9-11-15)17(26)23(5-2)6-3/h8-11H,4-7,12-13H2,1-3H3,(H,20,25)(H,21,27). The number of hydrogen-bond donors (Lipinski definition) is 2. The Balaban J connectivity index is 1.92. The highest BCUT2D eigenvalue weighted by molar-refractivity contribution is 7.99. The van der Waals surface area contributed by atoms with Gasteiger partial charge in [0.1, 0.15) is 0 Å². The van der Waals surface area contributed by atoms with E-state index in [-0.39, 0.29) is 23.3 Å². The summed E-state index contributed by atoms with van der Waals surface area (Å²) in [7, 11) is 0. The van der Waals surface area contributed by atoms with Crippen LogP contribution in [0.3, 0.4) is 0 Å². The van der Waals surface area contributed by atoms with Gasteiger partial charge in [-0.15, -0.1) is 5.10 Å². The van der Waals surface area contributed by atoms with Crippen LogP contribution < -0.4 is 11.0 Å². The molecule has 28 heavy (non-hydrogen) atoms. The Kier molecular flexibility index (Phi) is 8.31. The van der Waals surface area contributed by atoms with Crippen molar-refractivity contribution in [2.75, 3.05) is 24.2 Å². The monoisotopic (exact) mass is 405 g/mol. The molecule has 152 valence electrons. The second-order valence-electron chi connectivity index (χ2n) is 6.21. The lowest BCUT2D eigenvalue weighted by Crippen LogP contribution is -2.30. The average molecular weight is 406 g/mol. The van der Waals surface area contributed by atoms with Crippen LogP contribution in [0.2, 0.25) is 0 Å². The largest absolute Gasteiger partial charge is 0.343 e. The highest BCUT2D eigenvalue weighted by atomic mass is 32.2. The number of thioether (sulfide) groups is 1. The zero-order valence-corrected chi connectivity index (χ0v) is 17.3. The molecule has 0 aliphatic carbocycles. The number of anilines is 1. The molecule has 8 nitrogen and oxygen atoms in total. The molecule has 0 saturated heterocycles. The van der Waals surface area contributed by atoms with Gasteiger partial charge in [-0.2, -0.15) is 0 Å². The molecule has 0 unspecified atom stereocenters. The highest BCUT2D eigenvalue weighted by Crippen LogP contribution is 2.16. The molecule has 0 spiro atoms. The number of amides is 2. The first kappa shape index (κ1) is 21.7. The molecule has 0 bridgehead atoms. The maximum Gasteiger partial charge on any atom is 0.343 e. The molecule has 2 amide bonds. The van der Waals surface area contributed by atoms with Gasteiger partial charge in [-0.25, -0.2) is 9.89 Å². The summed E-state index contributed by atoms with van der Waals surface area (Å²) >= 11 is 1.21. The summed E-state index contributed by atoms with van der Waals surface area (Å²) in [5.41, 5.74) is 0.949. The molecule has 1 aromatic heterocycles. The summed E-state index contributed by atoms with van der Waals surface area (Å²) in [6.07, 6.45) is 1.84. The summed E-state index contributed by atoms with van der Waals surface area (Å²) in [5.74, 6) is -0.0939. The Morgan fingerprint density at radius 3 is 2.46 bits per heavy atom. The Labute approximate surface area is 168 Å². The second kappa shape index (κ2) is 10.7. The van der Waals surface area contributed by atoms with Gasteiger partial charge in [0, 0.05) is 30.9 Å². The number of aromatic amines is 1. The van der Waals surface area contributed by atoms with Crippen molar-refractivity contribution in [2.45, 2.75) is 45.3 Å². The van der Waals surface area contributed by atoms with E-state index in [0.717, 1.165) is 12.8 Å². The first-order valence-electron chi connectivity index (χ1n) is 9.47. The van der Waals surface area contributed by atoms with E-state index in [0.29, 0.717) is 36.0 Å². The number of hydrogen-bond acceptors (Lipinski definition) is 5. The molecule has 0 fully saturated rings. The van der Waals surface area contributed by atoms with Crippen LogP contribution in [0.5, 0.6) is 0 Å². The molecule has 1 aromatic carbocycles. The van der Waals surface area contributed by atoms with Gasteiger partial charge >= 0.3 is 5.69 Å². The Morgan fingerprint density at radius 1 is 1.18 bits per heavy atom. The normalized spacial score (nSPS) is 10.7. The summed E-state index contributed by atoms with van der Waals surface area (Å²) in [6, 6.07) is 6.84. The van der Waals surface area contributed by atoms with E-state index in [1.807, 2.05) is 20.8 Å². The van der Waals surface area contributed by atoms with Crippen molar-refractivity contribution in [2.24, 2.45) is 0 Å². The number of rotatable bonds is 10. The Hall–Kier alpha value is -2.55. The zero-order valence-electron chi connectivity index (χ0n) is 16.5. The Bertz CT molecular complexity index is 840. The Morgan fingerprint density at radius 2 is 1.86 bits per heavy atom. The van der Waals surface area contributed by atoms with Crippen LogP contribution in [0.15, 0.2) is 34.2 Å². The highest BCUT2D eigenvalue weighted by Gasteiger charge is 2.13. The molecule has 0 atom stereocenters. The van der Waals surface area contributed by atoms with Crippen LogP contribution in [-0.2, 0) is 11.3 Å². The van der Waals surface area contributed by atoms with E-state index >= 15 is 0 Å². The quantitative estimate of drug-likeness (QED) is 0.592. The van der Waals surface area contributed by atoms with Gasteiger partial charge < -0.3 is 10.2 Å². The van der Waals surface area contributed by atoms with E-state index in [4.69, 9.17) is 0 Å². The number of carbonyl (C=O) groups is 2. The number of benzene rings is 1. The fourth-order valence-corrected chi connectivity index (χ4v) is 3.42. The summed E-state index contributed by atoms with van der Waals surface area (Å²) in [5, 5.41) is 9.70. The van der Waals surface area contributed by atoms with Crippen LogP contribution in [-0.4, -0.2) is 50.3 Å². The lowest BCUT2D eigenvalue weighted by Gasteiger charge is -2.18. The summed E-state index contributed by atoms with van der Waals surface area (Å²) < 4.78 is 1.55. The number of nitrogens with one attached hydrogen (secondary N) is 2. The zero-order chi connectivity index (χ0) is 20.5. The average Bonchev–Trinajstić information content (AvgIpc) is 3.05. The fourth-order valence-electron chi connectivity index (χ4n) is 2.64. The van der Waals surface area contributed by atoms with Crippen molar-refractivity contribution in [3.05, 3.63) is 40.3 Å².